The maximum absolute atomic E-state index is 11.3. The molecule has 86 valence electrons. The molecule has 0 aromatic carbocycles. The van der Waals surface area contributed by atoms with Crippen LogP contribution in [0, 0.1) is 0 Å². The fraction of sp³-hybridized carbons (Fsp3) is 0.455. The average molecular weight is 222 g/mol. The molecule has 1 saturated heterocycles. The van der Waals surface area contributed by atoms with E-state index in [2.05, 4.69) is 15.0 Å². The fourth-order valence-corrected chi connectivity index (χ4v) is 1.72. The number of rotatable bonds is 3. The Bertz CT molecular complexity index is 356. The molecule has 1 aromatic heterocycles. The summed E-state index contributed by atoms with van der Waals surface area (Å²) in [7, 11) is 1.39. The van der Waals surface area contributed by atoms with Crippen molar-refractivity contribution in [3.8, 4) is 5.75 Å². The standard InChI is InChI=1S/C11H14N2O3/c1-15-11(14)10-5-9(7-13-10)16-8-3-2-4-12-6-8/h2-4,6,9-10,13H,5,7H2,1H3. The molecular formula is C11H14N2O3. The number of nitrogens with zero attached hydrogens (tertiary/aromatic N) is 1. The molecule has 1 aliphatic rings. The molecule has 0 radical (unpaired) electrons. The quantitative estimate of drug-likeness (QED) is 0.748. The molecule has 0 spiro atoms. The largest absolute Gasteiger partial charge is 0.487 e. The van der Waals surface area contributed by atoms with Crippen LogP contribution >= 0.6 is 0 Å². The van der Waals surface area contributed by atoms with E-state index in [4.69, 9.17) is 4.74 Å². The van der Waals surface area contributed by atoms with Gasteiger partial charge in [-0.2, -0.15) is 0 Å². The highest BCUT2D eigenvalue weighted by molar-refractivity contribution is 5.76. The molecule has 2 atom stereocenters. The maximum Gasteiger partial charge on any atom is 0.323 e. The molecule has 5 heteroatoms. The predicted molar refractivity (Wildman–Crippen MR) is 57.1 cm³/mol. The summed E-state index contributed by atoms with van der Waals surface area (Å²) in [4.78, 5) is 15.2. The van der Waals surface area contributed by atoms with Gasteiger partial charge in [-0.3, -0.25) is 9.78 Å². The molecule has 2 rings (SSSR count). The minimum Gasteiger partial charge on any atom is -0.487 e. The summed E-state index contributed by atoms with van der Waals surface area (Å²) in [5, 5.41) is 3.06. The van der Waals surface area contributed by atoms with E-state index in [1.807, 2.05) is 12.1 Å². The lowest BCUT2D eigenvalue weighted by molar-refractivity contribution is -0.142. The number of esters is 1. The van der Waals surface area contributed by atoms with Gasteiger partial charge in [-0.15, -0.1) is 0 Å². The van der Waals surface area contributed by atoms with E-state index in [1.54, 1.807) is 12.4 Å². The van der Waals surface area contributed by atoms with Crippen LogP contribution in [-0.2, 0) is 9.53 Å². The van der Waals surface area contributed by atoms with Crippen molar-refractivity contribution in [2.75, 3.05) is 13.7 Å². The van der Waals surface area contributed by atoms with Gasteiger partial charge in [-0.25, -0.2) is 0 Å². The Labute approximate surface area is 93.8 Å². The van der Waals surface area contributed by atoms with Crippen LogP contribution in [0.1, 0.15) is 6.42 Å². The molecular weight excluding hydrogens is 208 g/mol. The van der Waals surface area contributed by atoms with Crippen molar-refractivity contribution in [3.63, 3.8) is 0 Å². The van der Waals surface area contributed by atoms with E-state index >= 15 is 0 Å². The zero-order chi connectivity index (χ0) is 11.4. The molecule has 1 aliphatic heterocycles. The summed E-state index contributed by atoms with van der Waals surface area (Å²) in [5.74, 6) is 0.483. The van der Waals surface area contributed by atoms with Crippen molar-refractivity contribution in [1.29, 1.82) is 0 Å². The first-order valence-corrected chi connectivity index (χ1v) is 5.17. The van der Waals surface area contributed by atoms with E-state index < -0.39 is 0 Å². The van der Waals surface area contributed by atoms with Crippen molar-refractivity contribution < 1.29 is 14.3 Å². The second kappa shape index (κ2) is 4.94. The second-order valence-corrected chi connectivity index (χ2v) is 3.65. The van der Waals surface area contributed by atoms with Gasteiger partial charge in [0, 0.05) is 19.2 Å². The van der Waals surface area contributed by atoms with Crippen LogP contribution in [0.15, 0.2) is 24.5 Å². The monoisotopic (exact) mass is 222 g/mol. The molecule has 2 unspecified atom stereocenters. The second-order valence-electron chi connectivity index (χ2n) is 3.65. The molecule has 0 amide bonds. The Morgan fingerprint density at radius 3 is 3.19 bits per heavy atom. The van der Waals surface area contributed by atoms with Crippen LogP contribution in [0.5, 0.6) is 5.75 Å². The van der Waals surface area contributed by atoms with Crippen LogP contribution in [0.3, 0.4) is 0 Å². The van der Waals surface area contributed by atoms with E-state index in [0.717, 1.165) is 5.75 Å². The van der Waals surface area contributed by atoms with Gasteiger partial charge in [0.2, 0.25) is 0 Å². The Hall–Kier alpha value is -1.62. The van der Waals surface area contributed by atoms with Crippen LogP contribution < -0.4 is 10.1 Å². The van der Waals surface area contributed by atoms with E-state index in [0.29, 0.717) is 13.0 Å². The number of aromatic nitrogens is 1. The Balaban J connectivity index is 1.88. The average Bonchev–Trinajstić information content (AvgIpc) is 2.78. The first kappa shape index (κ1) is 10.9. The number of carbonyl (C=O) groups excluding carboxylic acids is 1. The summed E-state index contributed by atoms with van der Waals surface area (Å²) < 4.78 is 10.3. The highest BCUT2D eigenvalue weighted by Gasteiger charge is 2.31. The van der Waals surface area contributed by atoms with E-state index in [1.165, 1.54) is 7.11 Å². The first-order valence-electron chi connectivity index (χ1n) is 5.17. The molecule has 5 nitrogen and oxygen atoms in total. The molecule has 0 aliphatic carbocycles. The van der Waals surface area contributed by atoms with Crippen molar-refractivity contribution in [2.24, 2.45) is 0 Å². The maximum atomic E-state index is 11.3. The minimum atomic E-state index is -0.258. The van der Waals surface area contributed by atoms with E-state index in [9.17, 15) is 4.79 Å². The smallest absolute Gasteiger partial charge is 0.323 e. The Morgan fingerprint density at radius 1 is 1.62 bits per heavy atom. The lowest BCUT2D eigenvalue weighted by Gasteiger charge is -2.11. The number of pyridine rings is 1. The van der Waals surface area contributed by atoms with Crippen LogP contribution in [0.25, 0.3) is 0 Å². The van der Waals surface area contributed by atoms with Gasteiger partial charge in [0.15, 0.2) is 0 Å². The van der Waals surface area contributed by atoms with Gasteiger partial charge < -0.3 is 14.8 Å². The number of carbonyl (C=O) groups is 1. The van der Waals surface area contributed by atoms with Crippen molar-refractivity contribution in [3.05, 3.63) is 24.5 Å². The topological polar surface area (TPSA) is 60.5 Å². The van der Waals surface area contributed by atoms with Gasteiger partial charge >= 0.3 is 5.97 Å². The highest BCUT2D eigenvalue weighted by atomic mass is 16.5. The number of nitrogens with one attached hydrogen (secondary N) is 1. The first-order chi connectivity index (χ1) is 7.79. The summed E-state index contributed by atoms with van der Waals surface area (Å²) in [6.07, 6.45) is 3.97. The number of methoxy groups -OCH3 is 1. The molecule has 1 N–H and O–H groups in total. The predicted octanol–water partition coefficient (Wildman–Crippen LogP) is 0.364. The van der Waals surface area contributed by atoms with Gasteiger partial charge in [0.25, 0.3) is 0 Å². The normalized spacial score (nSPS) is 24.1. The summed E-state index contributed by atoms with van der Waals surface area (Å²) in [6.45, 7) is 0.647. The summed E-state index contributed by atoms with van der Waals surface area (Å²) in [6, 6.07) is 3.40. The van der Waals surface area contributed by atoms with Gasteiger partial charge in [-0.05, 0) is 12.1 Å². The highest BCUT2D eigenvalue weighted by Crippen LogP contribution is 2.16. The zero-order valence-electron chi connectivity index (χ0n) is 9.05. The van der Waals surface area contributed by atoms with Crippen molar-refractivity contribution in [1.82, 2.24) is 10.3 Å². The number of ether oxygens (including phenoxy) is 2. The lowest BCUT2D eigenvalue weighted by atomic mass is 10.2. The molecule has 1 fully saturated rings. The van der Waals surface area contributed by atoms with Crippen LogP contribution in [0.2, 0.25) is 0 Å². The molecule has 0 bridgehead atoms. The van der Waals surface area contributed by atoms with E-state index in [-0.39, 0.29) is 18.1 Å². The SMILES string of the molecule is COC(=O)C1CC(Oc2cccnc2)CN1. The van der Waals surface area contributed by atoms with Gasteiger partial charge in [-0.1, -0.05) is 0 Å². The van der Waals surface area contributed by atoms with Crippen molar-refractivity contribution in [2.45, 2.75) is 18.6 Å². The third-order valence-electron chi connectivity index (χ3n) is 2.51. The van der Waals surface area contributed by atoms with Crippen LogP contribution in [-0.4, -0.2) is 36.8 Å². The number of hydrogen-bond acceptors (Lipinski definition) is 5. The molecule has 1 aromatic rings. The van der Waals surface area contributed by atoms with Gasteiger partial charge in [0.1, 0.15) is 17.9 Å². The van der Waals surface area contributed by atoms with Crippen molar-refractivity contribution >= 4 is 5.97 Å². The molecule has 16 heavy (non-hydrogen) atoms. The number of hydrogen-bond donors (Lipinski definition) is 1. The van der Waals surface area contributed by atoms with Crippen LogP contribution in [0.4, 0.5) is 0 Å². The zero-order valence-corrected chi connectivity index (χ0v) is 9.05. The molecule has 2 heterocycles. The fourth-order valence-electron chi connectivity index (χ4n) is 1.72. The summed E-state index contributed by atoms with van der Waals surface area (Å²) >= 11 is 0. The van der Waals surface area contributed by atoms with Gasteiger partial charge in [0.05, 0.1) is 13.3 Å². The Kier molecular flexibility index (Phi) is 3.36. The summed E-state index contributed by atoms with van der Waals surface area (Å²) in [5.41, 5.74) is 0. The lowest BCUT2D eigenvalue weighted by Crippen LogP contribution is -2.31. The molecule has 0 saturated carbocycles. The third-order valence-corrected chi connectivity index (χ3v) is 2.51. The third kappa shape index (κ3) is 2.49. The Morgan fingerprint density at radius 2 is 2.50 bits per heavy atom. The minimum absolute atomic E-state index is 0.00620.